The number of hydrogen-bond donors (Lipinski definition) is 3. The van der Waals surface area contributed by atoms with Crippen molar-refractivity contribution in [2.24, 2.45) is 0 Å². The summed E-state index contributed by atoms with van der Waals surface area (Å²) in [7, 11) is 0. The van der Waals surface area contributed by atoms with Gasteiger partial charge in [0, 0.05) is 5.69 Å². The summed E-state index contributed by atoms with van der Waals surface area (Å²) in [6.45, 7) is 1.89. The fourth-order valence-electron chi connectivity index (χ4n) is 2.64. The molecule has 0 spiro atoms. The summed E-state index contributed by atoms with van der Waals surface area (Å²) in [6.07, 6.45) is 1.08. The van der Waals surface area contributed by atoms with Crippen LogP contribution in [0.15, 0.2) is 54.9 Å². The number of carbonyl (C=O) groups is 2. The molecule has 32 heavy (non-hydrogen) atoms. The Hall–Kier alpha value is -4.25. The van der Waals surface area contributed by atoms with Crippen molar-refractivity contribution in [2.45, 2.75) is 6.92 Å². The highest BCUT2D eigenvalue weighted by atomic mass is 35.5. The molecule has 0 fully saturated rings. The fraction of sp³-hybridized carbons (Fsp3) is 0.100. The number of hydrogen-bond acceptors (Lipinski definition) is 9. The molecule has 1 heterocycles. The number of hydrazine groups is 1. The van der Waals surface area contributed by atoms with Gasteiger partial charge in [0.25, 0.3) is 5.91 Å². The van der Waals surface area contributed by atoms with Gasteiger partial charge in [-0.05, 0) is 37.3 Å². The highest BCUT2D eigenvalue weighted by Gasteiger charge is 2.24. The molecule has 0 saturated heterocycles. The topological polar surface area (TPSA) is 148 Å². The zero-order valence-electron chi connectivity index (χ0n) is 16.7. The van der Waals surface area contributed by atoms with Gasteiger partial charge in [-0.2, -0.15) is 0 Å². The van der Waals surface area contributed by atoms with E-state index in [4.69, 9.17) is 16.3 Å². The molecule has 0 unspecified atom stereocenters. The number of anilines is 3. The Bertz CT molecular complexity index is 1170. The number of carbonyl (C=O) groups excluding carboxylic acids is 2. The number of nitrogens with zero attached hydrogens (tertiary/aromatic N) is 3. The average Bonchev–Trinajstić information content (AvgIpc) is 2.78. The number of rotatable bonds is 8. The average molecular weight is 457 g/mol. The van der Waals surface area contributed by atoms with Gasteiger partial charge in [0.2, 0.25) is 11.6 Å². The summed E-state index contributed by atoms with van der Waals surface area (Å²) < 4.78 is 4.95. The number of aromatic nitrogens is 2. The second kappa shape index (κ2) is 10.2. The Morgan fingerprint density at radius 1 is 1.12 bits per heavy atom. The third-order valence-electron chi connectivity index (χ3n) is 4.05. The molecule has 1 amide bonds. The molecule has 3 aromatic rings. The number of ether oxygens (including phenoxy) is 1. The van der Waals surface area contributed by atoms with Crippen molar-refractivity contribution < 1.29 is 19.2 Å². The molecule has 2 aromatic carbocycles. The van der Waals surface area contributed by atoms with Crippen LogP contribution in [0.5, 0.6) is 0 Å². The normalized spacial score (nSPS) is 10.2. The van der Waals surface area contributed by atoms with Gasteiger partial charge in [-0.1, -0.05) is 29.8 Å². The molecule has 0 radical (unpaired) electrons. The van der Waals surface area contributed by atoms with Crippen LogP contribution in [0.1, 0.15) is 27.6 Å². The minimum absolute atomic E-state index is 0.152. The van der Waals surface area contributed by atoms with E-state index in [9.17, 15) is 19.7 Å². The third-order valence-corrected chi connectivity index (χ3v) is 4.38. The molecule has 0 bridgehead atoms. The van der Waals surface area contributed by atoms with E-state index in [1.165, 1.54) is 18.2 Å². The Balaban J connectivity index is 1.83. The van der Waals surface area contributed by atoms with Gasteiger partial charge in [0.15, 0.2) is 0 Å². The van der Waals surface area contributed by atoms with E-state index < -0.39 is 22.5 Å². The Morgan fingerprint density at radius 3 is 2.59 bits per heavy atom. The van der Waals surface area contributed by atoms with Crippen molar-refractivity contribution in [2.75, 3.05) is 17.3 Å². The van der Waals surface area contributed by atoms with Gasteiger partial charge in [-0.3, -0.25) is 25.8 Å². The van der Waals surface area contributed by atoms with Crippen LogP contribution < -0.4 is 16.2 Å². The summed E-state index contributed by atoms with van der Waals surface area (Å²) in [5, 5.41) is 14.7. The van der Waals surface area contributed by atoms with Gasteiger partial charge in [0.05, 0.1) is 27.7 Å². The minimum atomic E-state index is -0.707. The maximum absolute atomic E-state index is 12.3. The number of amides is 1. The first-order valence-corrected chi connectivity index (χ1v) is 9.63. The second-order valence-electron chi connectivity index (χ2n) is 6.16. The minimum Gasteiger partial charge on any atom is -0.462 e. The first kappa shape index (κ1) is 22.4. The molecular formula is C20H17ClN6O5. The summed E-state index contributed by atoms with van der Waals surface area (Å²) in [6, 6.07) is 12.5. The zero-order chi connectivity index (χ0) is 23.1. The van der Waals surface area contributed by atoms with Crippen LogP contribution in [0.2, 0.25) is 5.02 Å². The van der Waals surface area contributed by atoms with E-state index in [0.717, 1.165) is 6.33 Å². The van der Waals surface area contributed by atoms with Gasteiger partial charge < -0.3 is 10.1 Å². The number of benzene rings is 2. The standard InChI is InChI=1S/C20H17ClN6O5/c1-2-32-20(29)12-6-5-7-13(10-12)24-17-16(27(30)31)18(23-11-22-17)25-26-19(28)14-8-3-4-9-15(14)21/h3-11H,2H2,1H3,(H,26,28)(H2,22,23,24,25). The monoisotopic (exact) mass is 456 g/mol. The molecule has 0 atom stereocenters. The van der Waals surface area contributed by atoms with Crippen molar-refractivity contribution in [3.63, 3.8) is 0 Å². The summed E-state index contributed by atoms with van der Waals surface area (Å²) in [5.74, 6) is -1.55. The lowest BCUT2D eigenvalue weighted by atomic mass is 10.2. The van der Waals surface area contributed by atoms with Crippen molar-refractivity contribution in [3.8, 4) is 0 Å². The van der Waals surface area contributed by atoms with Crippen LogP contribution in [0.25, 0.3) is 0 Å². The highest BCUT2D eigenvalue weighted by Crippen LogP contribution is 2.31. The van der Waals surface area contributed by atoms with Crippen molar-refractivity contribution in [1.82, 2.24) is 15.4 Å². The van der Waals surface area contributed by atoms with Gasteiger partial charge >= 0.3 is 11.7 Å². The lowest BCUT2D eigenvalue weighted by Gasteiger charge is -2.12. The molecule has 0 aliphatic heterocycles. The Labute approximate surface area is 186 Å². The number of nitro groups is 1. The maximum atomic E-state index is 12.3. The molecule has 11 nitrogen and oxygen atoms in total. The largest absolute Gasteiger partial charge is 0.462 e. The van der Waals surface area contributed by atoms with Crippen LogP contribution in [-0.2, 0) is 4.74 Å². The molecule has 0 saturated carbocycles. The van der Waals surface area contributed by atoms with Gasteiger partial charge in [0.1, 0.15) is 6.33 Å². The second-order valence-corrected chi connectivity index (χ2v) is 6.57. The molecule has 0 aliphatic carbocycles. The van der Waals surface area contributed by atoms with E-state index in [0.29, 0.717) is 5.69 Å². The van der Waals surface area contributed by atoms with Crippen LogP contribution in [-0.4, -0.2) is 33.4 Å². The molecule has 1 aromatic heterocycles. The number of esters is 1. The SMILES string of the molecule is CCOC(=O)c1cccc(Nc2ncnc(NNC(=O)c3ccccc3Cl)c2[N+](=O)[O-])c1. The summed E-state index contributed by atoms with van der Waals surface area (Å²) in [5.41, 5.74) is 5.03. The first-order chi connectivity index (χ1) is 15.4. The Kier molecular flexibility index (Phi) is 7.13. The van der Waals surface area contributed by atoms with Crippen LogP contribution in [0.4, 0.5) is 23.0 Å². The molecule has 3 N–H and O–H groups in total. The zero-order valence-corrected chi connectivity index (χ0v) is 17.4. The van der Waals surface area contributed by atoms with E-state index in [2.05, 4.69) is 26.1 Å². The van der Waals surface area contributed by atoms with E-state index >= 15 is 0 Å². The molecule has 3 rings (SSSR count). The lowest BCUT2D eigenvalue weighted by Crippen LogP contribution is -2.30. The summed E-state index contributed by atoms with van der Waals surface area (Å²) in [4.78, 5) is 43.0. The van der Waals surface area contributed by atoms with Crippen molar-refractivity contribution in [1.29, 1.82) is 0 Å². The van der Waals surface area contributed by atoms with E-state index in [-0.39, 0.29) is 34.4 Å². The predicted molar refractivity (Wildman–Crippen MR) is 117 cm³/mol. The van der Waals surface area contributed by atoms with Crippen LogP contribution >= 0.6 is 11.6 Å². The number of nitrogens with one attached hydrogen (secondary N) is 3. The maximum Gasteiger partial charge on any atom is 0.355 e. The molecule has 0 aliphatic rings. The van der Waals surface area contributed by atoms with Crippen LogP contribution in [0.3, 0.4) is 0 Å². The van der Waals surface area contributed by atoms with Crippen LogP contribution in [0, 0.1) is 10.1 Å². The van der Waals surface area contributed by atoms with E-state index in [1.807, 2.05) is 0 Å². The molecule has 12 heteroatoms. The van der Waals surface area contributed by atoms with E-state index in [1.54, 1.807) is 37.3 Å². The van der Waals surface area contributed by atoms with Gasteiger partial charge in [-0.25, -0.2) is 14.8 Å². The molecular weight excluding hydrogens is 440 g/mol. The quantitative estimate of drug-likeness (QED) is 0.262. The summed E-state index contributed by atoms with van der Waals surface area (Å²) >= 11 is 5.99. The Morgan fingerprint density at radius 2 is 1.88 bits per heavy atom. The molecule has 164 valence electrons. The number of halogens is 1. The predicted octanol–water partition coefficient (Wildman–Crippen LogP) is 3.72. The van der Waals surface area contributed by atoms with Crippen molar-refractivity contribution >= 4 is 46.5 Å². The van der Waals surface area contributed by atoms with Gasteiger partial charge in [-0.15, -0.1) is 0 Å². The van der Waals surface area contributed by atoms with Crippen molar-refractivity contribution in [3.05, 3.63) is 81.1 Å². The lowest BCUT2D eigenvalue weighted by molar-refractivity contribution is -0.383. The third kappa shape index (κ3) is 5.26. The smallest absolute Gasteiger partial charge is 0.355 e. The highest BCUT2D eigenvalue weighted by molar-refractivity contribution is 6.33. The fourth-order valence-corrected chi connectivity index (χ4v) is 2.86. The first-order valence-electron chi connectivity index (χ1n) is 9.25.